The maximum atomic E-state index is 12.4. The molecular weight excluding hydrogens is 348 g/mol. The predicted molar refractivity (Wildman–Crippen MR) is 105 cm³/mol. The lowest BCUT2D eigenvalue weighted by Crippen LogP contribution is -2.30. The molecule has 3 rings (SSSR count). The molecular formula is C20H21ClN4O. The fourth-order valence-corrected chi connectivity index (χ4v) is 3.02. The molecule has 2 aromatic carbocycles. The molecule has 6 heteroatoms. The molecule has 134 valence electrons. The molecule has 0 saturated heterocycles. The average molecular weight is 369 g/mol. The number of rotatable bonds is 6. The highest BCUT2D eigenvalue weighted by Crippen LogP contribution is 2.22. The lowest BCUT2D eigenvalue weighted by molar-refractivity contribution is -0.115. The number of benzene rings is 2. The van der Waals surface area contributed by atoms with E-state index in [0.29, 0.717) is 10.8 Å². The Bertz CT molecular complexity index is 892. The van der Waals surface area contributed by atoms with Crippen LogP contribution in [-0.2, 0) is 4.79 Å². The van der Waals surface area contributed by atoms with Gasteiger partial charge in [0.15, 0.2) is 0 Å². The lowest BCUT2D eigenvalue weighted by Gasteiger charge is -2.15. The van der Waals surface area contributed by atoms with Crippen LogP contribution in [0.15, 0.2) is 60.7 Å². The van der Waals surface area contributed by atoms with Crippen LogP contribution in [0.5, 0.6) is 0 Å². The number of amides is 1. The molecule has 0 radical (unpaired) electrons. The van der Waals surface area contributed by atoms with Gasteiger partial charge in [0.1, 0.15) is 5.82 Å². The standard InChI is InChI=1S/C20H21ClN4O/c1-14-12-19(25(24-14)16-8-4-3-5-9-16)23-20(26)13-22-15(2)17-10-6-7-11-18(17)21/h3-12,15,22H,13H2,1-2H3,(H,23,26). The molecule has 2 N–H and O–H groups in total. The Kier molecular flexibility index (Phi) is 5.71. The Balaban J connectivity index is 1.65. The molecule has 0 saturated carbocycles. The van der Waals surface area contributed by atoms with E-state index in [1.54, 1.807) is 4.68 Å². The van der Waals surface area contributed by atoms with Crippen LogP contribution in [-0.4, -0.2) is 22.2 Å². The minimum Gasteiger partial charge on any atom is -0.309 e. The number of nitrogens with zero attached hydrogens (tertiary/aromatic N) is 2. The number of anilines is 1. The predicted octanol–water partition coefficient (Wildman–Crippen LogP) is 4.12. The van der Waals surface area contributed by atoms with E-state index < -0.39 is 0 Å². The summed E-state index contributed by atoms with van der Waals surface area (Å²) in [6, 6.07) is 19.1. The Labute approximate surface area is 158 Å². The Hall–Kier alpha value is -2.63. The molecule has 0 aliphatic rings. The summed E-state index contributed by atoms with van der Waals surface area (Å²) >= 11 is 6.20. The quantitative estimate of drug-likeness (QED) is 0.688. The van der Waals surface area contributed by atoms with Crippen LogP contribution in [0.1, 0.15) is 24.2 Å². The van der Waals surface area contributed by atoms with Crippen LogP contribution >= 0.6 is 11.6 Å². The largest absolute Gasteiger partial charge is 0.309 e. The number of para-hydroxylation sites is 1. The second-order valence-electron chi connectivity index (χ2n) is 6.09. The second kappa shape index (κ2) is 8.17. The Morgan fingerprint density at radius 1 is 1.15 bits per heavy atom. The summed E-state index contributed by atoms with van der Waals surface area (Å²) in [5.74, 6) is 0.506. The summed E-state index contributed by atoms with van der Waals surface area (Å²) in [4.78, 5) is 12.4. The van der Waals surface area contributed by atoms with Gasteiger partial charge in [0.25, 0.3) is 0 Å². The zero-order valence-corrected chi connectivity index (χ0v) is 15.5. The third-order valence-corrected chi connectivity index (χ3v) is 4.38. The SMILES string of the molecule is Cc1cc(NC(=O)CNC(C)c2ccccc2Cl)n(-c2ccccc2)n1. The number of carbonyl (C=O) groups excluding carboxylic acids is 1. The first-order chi connectivity index (χ1) is 12.5. The van der Waals surface area contributed by atoms with Gasteiger partial charge in [-0.05, 0) is 37.6 Å². The van der Waals surface area contributed by atoms with Gasteiger partial charge in [-0.1, -0.05) is 48.0 Å². The van der Waals surface area contributed by atoms with Gasteiger partial charge in [-0.25, -0.2) is 4.68 Å². The number of aryl methyl sites for hydroxylation is 1. The van der Waals surface area contributed by atoms with Gasteiger partial charge < -0.3 is 10.6 Å². The highest BCUT2D eigenvalue weighted by molar-refractivity contribution is 6.31. The van der Waals surface area contributed by atoms with E-state index in [1.165, 1.54) is 0 Å². The summed E-state index contributed by atoms with van der Waals surface area (Å²) < 4.78 is 1.73. The highest BCUT2D eigenvalue weighted by Gasteiger charge is 2.13. The van der Waals surface area contributed by atoms with Crippen molar-refractivity contribution in [3.05, 3.63) is 76.9 Å². The molecule has 0 spiro atoms. The number of hydrogen-bond acceptors (Lipinski definition) is 3. The monoisotopic (exact) mass is 368 g/mol. The van der Waals surface area contributed by atoms with Gasteiger partial charge >= 0.3 is 0 Å². The van der Waals surface area contributed by atoms with E-state index >= 15 is 0 Å². The van der Waals surface area contributed by atoms with Crippen LogP contribution in [0.25, 0.3) is 5.69 Å². The smallest absolute Gasteiger partial charge is 0.239 e. The molecule has 0 aliphatic heterocycles. The van der Waals surface area contributed by atoms with Crippen molar-refractivity contribution in [1.82, 2.24) is 15.1 Å². The fraction of sp³-hybridized carbons (Fsp3) is 0.200. The number of carbonyl (C=O) groups is 1. The third-order valence-electron chi connectivity index (χ3n) is 4.04. The molecule has 3 aromatic rings. The molecule has 0 aliphatic carbocycles. The maximum Gasteiger partial charge on any atom is 0.239 e. The summed E-state index contributed by atoms with van der Waals surface area (Å²) in [5, 5.41) is 11.3. The first-order valence-electron chi connectivity index (χ1n) is 8.44. The van der Waals surface area contributed by atoms with Gasteiger partial charge in [0.05, 0.1) is 17.9 Å². The normalized spacial score (nSPS) is 12.0. The lowest BCUT2D eigenvalue weighted by atomic mass is 10.1. The molecule has 5 nitrogen and oxygen atoms in total. The fourth-order valence-electron chi connectivity index (χ4n) is 2.72. The average Bonchev–Trinajstić information content (AvgIpc) is 3.01. The Morgan fingerprint density at radius 2 is 1.85 bits per heavy atom. The number of halogens is 1. The van der Waals surface area contributed by atoms with E-state index in [-0.39, 0.29) is 18.5 Å². The van der Waals surface area contributed by atoms with E-state index in [9.17, 15) is 4.79 Å². The van der Waals surface area contributed by atoms with Gasteiger partial charge in [0.2, 0.25) is 5.91 Å². The van der Waals surface area contributed by atoms with Crippen molar-refractivity contribution in [2.45, 2.75) is 19.9 Å². The number of aromatic nitrogens is 2. The van der Waals surface area contributed by atoms with E-state index in [2.05, 4.69) is 15.7 Å². The molecule has 26 heavy (non-hydrogen) atoms. The second-order valence-corrected chi connectivity index (χ2v) is 6.50. The molecule has 0 fully saturated rings. The summed E-state index contributed by atoms with van der Waals surface area (Å²) in [7, 11) is 0. The zero-order valence-electron chi connectivity index (χ0n) is 14.7. The van der Waals surface area contributed by atoms with Crippen molar-refractivity contribution in [3.63, 3.8) is 0 Å². The van der Waals surface area contributed by atoms with Crippen LogP contribution in [0.2, 0.25) is 5.02 Å². The zero-order chi connectivity index (χ0) is 18.5. The van der Waals surface area contributed by atoms with Crippen molar-refractivity contribution in [1.29, 1.82) is 0 Å². The van der Waals surface area contributed by atoms with E-state index in [0.717, 1.165) is 16.9 Å². The number of nitrogens with one attached hydrogen (secondary N) is 2. The van der Waals surface area contributed by atoms with Crippen molar-refractivity contribution >= 4 is 23.3 Å². The molecule has 0 bridgehead atoms. The van der Waals surface area contributed by atoms with E-state index in [1.807, 2.05) is 74.5 Å². The van der Waals surface area contributed by atoms with Crippen molar-refractivity contribution in [2.24, 2.45) is 0 Å². The van der Waals surface area contributed by atoms with Crippen LogP contribution in [0, 0.1) is 6.92 Å². The minimum absolute atomic E-state index is 0.0322. The Morgan fingerprint density at radius 3 is 2.58 bits per heavy atom. The van der Waals surface area contributed by atoms with Gasteiger partial charge in [0, 0.05) is 17.1 Å². The number of hydrogen-bond donors (Lipinski definition) is 2. The van der Waals surface area contributed by atoms with Crippen LogP contribution in [0.4, 0.5) is 5.82 Å². The topological polar surface area (TPSA) is 59.0 Å². The maximum absolute atomic E-state index is 12.4. The highest BCUT2D eigenvalue weighted by atomic mass is 35.5. The molecule has 1 unspecified atom stereocenters. The van der Waals surface area contributed by atoms with Crippen LogP contribution in [0.3, 0.4) is 0 Å². The van der Waals surface area contributed by atoms with Crippen molar-refractivity contribution < 1.29 is 4.79 Å². The minimum atomic E-state index is -0.138. The van der Waals surface area contributed by atoms with Gasteiger partial charge in [-0.3, -0.25) is 4.79 Å². The molecule has 1 aromatic heterocycles. The van der Waals surface area contributed by atoms with Crippen molar-refractivity contribution in [3.8, 4) is 5.69 Å². The third kappa shape index (κ3) is 4.31. The molecule has 1 heterocycles. The van der Waals surface area contributed by atoms with Crippen molar-refractivity contribution in [2.75, 3.05) is 11.9 Å². The molecule has 1 atom stereocenters. The van der Waals surface area contributed by atoms with Gasteiger partial charge in [-0.15, -0.1) is 0 Å². The summed E-state index contributed by atoms with van der Waals surface area (Å²) in [5.41, 5.74) is 2.70. The summed E-state index contributed by atoms with van der Waals surface area (Å²) in [6.45, 7) is 4.05. The van der Waals surface area contributed by atoms with E-state index in [4.69, 9.17) is 11.6 Å². The molecule has 1 amide bonds. The first kappa shape index (κ1) is 18.2. The van der Waals surface area contributed by atoms with Gasteiger partial charge in [-0.2, -0.15) is 5.10 Å². The first-order valence-corrected chi connectivity index (χ1v) is 8.82. The summed E-state index contributed by atoms with van der Waals surface area (Å²) in [6.07, 6.45) is 0. The van der Waals surface area contributed by atoms with Crippen LogP contribution < -0.4 is 10.6 Å².